The van der Waals surface area contributed by atoms with E-state index < -0.39 is 0 Å². The highest BCUT2D eigenvalue weighted by molar-refractivity contribution is 7.99. The molecule has 18 heavy (non-hydrogen) atoms. The van der Waals surface area contributed by atoms with E-state index in [1.54, 1.807) is 28.8 Å². The SMILES string of the molecule is CN(CCc1ccc(F)cc1)C(=O)C1CSCN1. The topological polar surface area (TPSA) is 32.3 Å². The molecule has 1 fully saturated rings. The zero-order valence-corrected chi connectivity index (χ0v) is 11.2. The van der Waals surface area contributed by atoms with E-state index in [0.717, 1.165) is 23.6 Å². The van der Waals surface area contributed by atoms with Crippen LogP contribution in [-0.4, -0.2) is 42.1 Å². The number of hydrogen-bond donors (Lipinski definition) is 1. The fourth-order valence-electron chi connectivity index (χ4n) is 1.88. The molecule has 0 aliphatic carbocycles. The van der Waals surface area contributed by atoms with Gasteiger partial charge in [0, 0.05) is 25.2 Å². The number of benzene rings is 1. The highest BCUT2D eigenvalue weighted by Crippen LogP contribution is 2.12. The van der Waals surface area contributed by atoms with Crippen LogP contribution in [-0.2, 0) is 11.2 Å². The molecule has 1 N–H and O–H groups in total. The molecule has 3 nitrogen and oxygen atoms in total. The van der Waals surface area contributed by atoms with Gasteiger partial charge in [-0.25, -0.2) is 4.39 Å². The van der Waals surface area contributed by atoms with Crippen LogP contribution < -0.4 is 5.32 Å². The number of carbonyl (C=O) groups is 1. The van der Waals surface area contributed by atoms with Crippen LogP contribution >= 0.6 is 11.8 Å². The number of amides is 1. The normalized spacial score (nSPS) is 18.9. The number of hydrogen-bond acceptors (Lipinski definition) is 3. The zero-order valence-electron chi connectivity index (χ0n) is 10.4. The summed E-state index contributed by atoms with van der Waals surface area (Å²) >= 11 is 1.74. The molecule has 2 rings (SSSR count). The van der Waals surface area contributed by atoms with Gasteiger partial charge in [0.25, 0.3) is 0 Å². The van der Waals surface area contributed by atoms with E-state index in [-0.39, 0.29) is 17.8 Å². The van der Waals surface area contributed by atoms with E-state index in [1.165, 1.54) is 12.1 Å². The lowest BCUT2D eigenvalue weighted by atomic mass is 10.1. The predicted octanol–water partition coefficient (Wildman–Crippen LogP) is 1.49. The lowest BCUT2D eigenvalue weighted by Gasteiger charge is -2.20. The molecule has 1 aliphatic rings. The largest absolute Gasteiger partial charge is 0.344 e. The maximum absolute atomic E-state index is 12.7. The summed E-state index contributed by atoms with van der Waals surface area (Å²) in [6.45, 7) is 0.660. The standard InChI is InChI=1S/C13H17FN2OS/c1-16(13(17)12-8-18-9-15-12)7-6-10-2-4-11(14)5-3-10/h2-5,12,15H,6-9H2,1H3. The summed E-state index contributed by atoms with van der Waals surface area (Å²) in [6.07, 6.45) is 0.752. The van der Waals surface area contributed by atoms with Crippen LogP contribution in [0.1, 0.15) is 5.56 Å². The van der Waals surface area contributed by atoms with Crippen molar-refractivity contribution in [3.8, 4) is 0 Å². The second kappa shape index (κ2) is 6.20. The van der Waals surface area contributed by atoms with Crippen LogP contribution in [0.2, 0.25) is 0 Å². The molecule has 0 saturated carbocycles. The molecule has 5 heteroatoms. The van der Waals surface area contributed by atoms with Crippen molar-refractivity contribution in [2.75, 3.05) is 25.2 Å². The van der Waals surface area contributed by atoms with E-state index in [9.17, 15) is 9.18 Å². The third-order valence-corrected chi connectivity index (χ3v) is 3.98. The van der Waals surface area contributed by atoms with Gasteiger partial charge in [0.05, 0.1) is 6.04 Å². The molecular formula is C13H17FN2OS. The first-order chi connectivity index (χ1) is 8.66. The Balaban J connectivity index is 1.82. The summed E-state index contributed by atoms with van der Waals surface area (Å²) in [7, 11) is 1.82. The minimum atomic E-state index is -0.227. The molecule has 1 heterocycles. The van der Waals surface area contributed by atoms with Crippen LogP contribution in [0.15, 0.2) is 24.3 Å². The number of carbonyl (C=O) groups excluding carboxylic acids is 1. The van der Waals surface area contributed by atoms with E-state index in [0.29, 0.717) is 6.54 Å². The molecule has 1 amide bonds. The van der Waals surface area contributed by atoms with Crippen LogP contribution in [0.4, 0.5) is 4.39 Å². The highest BCUT2D eigenvalue weighted by Gasteiger charge is 2.24. The number of thioether (sulfide) groups is 1. The van der Waals surface area contributed by atoms with Crippen molar-refractivity contribution in [1.82, 2.24) is 10.2 Å². The van der Waals surface area contributed by atoms with Crippen molar-refractivity contribution < 1.29 is 9.18 Å². The smallest absolute Gasteiger partial charge is 0.240 e. The van der Waals surface area contributed by atoms with Crippen molar-refractivity contribution in [3.63, 3.8) is 0 Å². The summed E-state index contributed by atoms with van der Waals surface area (Å²) in [5, 5.41) is 3.17. The molecule has 98 valence electrons. The average Bonchev–Trinajstić information content (AvgIpc) is 2.90. The minimum absolute atomic E-state index is 0.0479. The van der Waals surface area contributed by atoms with Gasteiger partial charge in [-0.2, -0.15) is 0 Å². The highest BCUT2D eigenvalue weighted by atomic mass is 32.2. The molecule has 1 unspecified atom stereocenters. The summed E-state index contributed by atoms with van der Waals surface area (Å²) in [5.41, 5.74) is 1.05. The molecule has 0 aromatic heterocycles. The molecule has 1 aliphatic heterocycles. The Morgan fingerprint density at radius 3 is 2.83 bits per heavy atom. The molecule has 1 aromatic carbocycles. The van der Waals surface area contributed by atoms with Crippen molar-refractivity contribution in [2.24, 2.45) is 0 Å². The molecule has 1 aromatic rings. The maximum Gasteiger partial charge on any atom is 0.240 e. The number of nitrogens with zero attached hydrogens (tertiary/aromatic N) is 1. The van der Waals surface area contributed by atoms with Gasteiger partial charge in [-0.3, -0.25) is 10.1 Å². The Labute approximate surface area is 111 Å². The summed E-state index contributed by atoms with van der Waals surface area (Å²) in [6, 6.07) is 6.38. The zero-order chi connectivity index (χ0) is 13.0. The molecule has 1 atom stereocenters. The average molecular weight is 268 g/mol. The number of halogens is 1. The first-order valence-electron chi connectivity index (χ1n) is 5.97. The van der Waals surface area contributed by atoms with E-state index >= 15 is 0 Å². The van der Waals surface area contributed by atoms with Gasteiger partial charge in [0.1, 0.15) is 5.82 Å². The third-order valence-electron chi connectivity index (χ3n) is 3.04. The lowest BCUT2D eigenvalue weighted by Crippen LogP contribution is -2.43. The Kier molecular flexibility index (Phi) is 4.60. The summed E-state index contributed by atoms with van der Waals surface area (Å²) in [4.78, 5) is 13.8. The van der Waals surface area contributed by atoms with Gasteiger partial charge in [0.2, 0.25) is 5.91 Å². The quantitative estimate of drug-likeness (QED) is 0.898. The molecule has 0 spiro atoms. The first-order valence-corrected chi connectivity index (χ1v) is 7.13. The Morgan fingerprint density at radius 1 is 1.50 bits per heavy atom. The van der Waals surface area contributed by atoms with Crippen LogP contribution in [0.25, 0.3) is 0 Å². The third kappa shape index (κ3) is 3.46. The van der Waals surface area contributed by atoms with Crippen LogP contribution in [0, 0.1) is 5.82 Å². The number of nitrogens with one attached hydrogen (secondary N) is 1. The van der Waals surface area contributed by atoms with Gasteiger partial charge < -0.3 is 4.90 Å². The molecule has 0 bridgehead atoms. The van der Waals surface area contributed by atoms with Gasteiger partial charge in [0.15, 0.2) is 0 Å². The fraction of sp³-hybridized carbons (Fsp3) is 0.462. The summed E-state index contributed by atoms with van der Waals surface area (Å²) in [5.74, 6) is 1.61. The molecule has 0 radical (unpaired) electrons. The first kappa shape index (κ1) is 13.4. The van der Waals surface area contributed by atoms with E-state index in [1.807, 2.05) is 7.05 Å². The summed E-state index contributed by atoms with van der Waals surface area (Å²) < 4.78 is 12.7. The molecular weight excluding hydrogens is 251 g/mol. The van der Waals surface area contributed by atoms with Gasteiger partial charge in [-0.15, -0.1) is 11.8 Å². The molecule has 1 saturated heterocycles. The lowest BCUT2D eigenvalue weighted by molar-refractivity contribution is -0.131. The van der Waals surface area contributed by atoms with Gasteiger partial charge in [-0.05, 0) is 24.1 Å². The van der Waals surface area contributed by atoms with Crippen molar-refractivity contribution in [3.05, 3.63) is 35.6 Å². The van der Waals surface area contributed by atoms with Crippen LogP contribution in [0.3, 0.4) is 0 Å². The Morgan fingerprint density at radius 2 is 2.22 bits per heavy atom. The van der Waals surface area contributed by atoms with Crippen molar-refractivity contribution in [2.45, 2.75) is 12.5 Å². The number of rotatable bonds is 4. The predicted molar refractivity (Wildman–Crippen MR) is 72.0 cm³/mol. The fourth-order valence-corrected chi connectivity index (χ4v) is 2.81. The maximum atomic E-state index is 12.7. The Bertz CT molecular complexity index is 404. The monoisotopic (exact) mass is 268 g/mol. The van der Waals surface area contributed by atoms with E-state index in [2.05, 4.69) is 5.32 Å². The van der Waals surface area contributed by atoms with Gasteiger partial charge >= 0.3 is 0 Å². The van der Waals surface area contributed by atoms with Crippen molar-refractivity contribution in [1.29, 1.82) is 0 Å². The van der Waals surface area contributed by atoms with Crippen molar-refractivity contribution >= 4 is 17.7 Å². The minimum Gasteiger partial charge on any atom is -0.344 e. The van der Waals surface area contributed by atoms with E-state index in [4.69, 9.17) is 0 Å². The van der Waals surface area contributed by atoms with Crippen LogP contribution in [0.5, 0.6) is 0 Å². The van der Waals surface area contributed by atoms with Gasteiger partial charge in [-0.1, -0.05) is 12.1 Å². The second-order valence-corrected chi connectivity index (χ2v) is 5.44. The Hall–Kier alpha value is -1.07. The second-order valence-electron chi connectivity index (χ2n) is 4.41. The number of likely N-dealkylation sites (N-methyl/N-ethyl adjacent to an activating group) is 1.